The molecule has 2 aliphatic carbocycles. The summed E-state index contributed by atoms with van der Waals surface area (Å²) in [6.07, 6.45) is 17.9. The largest absolute Gasteiger partial charge is 0.306 e. The highest BCUT2D eigenvalue weighted by atomic mass is 15.1. The van der Waals surface area contributed by atoms with Gasteiger partial charge in [0.1, 0.15) is 0 Å². The van der Waals surface area contributed by atoms with Crippen LogP contribution in [0, 0.1) is 17.8 Å². The van der Waals surface area contributed by atoms with E-state index in [1.54, 1.807) is 0 Å². The maximum Gasteiger partial charge on any atom is -0.00191 e. The Kier molecular flexibility index (Phi) is 7.41. The van der Waals surface area contributed by atoms with Gasteiger partial charge in [-0.2, -0.15) is 0 Å². The van der Waals surface area contributed by atoms with Gasteiger partial charge in [0.2, 0.25) is 0 Å². The fourth-order valence-electron chi connectivity index (χ4n) is 4.25. The molecule has 0 unspecified atom stereocenters. The zero-order valence-electron chi connectivity index (χ0n) is 14.1. The van der Waals surface area contributed by atoms with Crippen LogP contribution in [-0.2, 0) is 0 Å². The maximum absolute atomic E-state index is 2.61. The van der Waals surface area contributed by atoms with Gasteiger partial charge in [0.05, 0.1) is 0 Å². The number of rotatable bonds is 6. The molecule has 0 aromatic carbocycles. The molecule has 0 saturated heterocycles. The van der Waals surface area contributed by atoms with Gasteiger partial charge < -0.3 is 4.90 Å². The van der Waals surface area contributed by atoms with Gasteiger partial charge >= 0.3 is 0 Å². The smallest absolute Gasteiger partial charge is 0.00191 e. The van der Waals surface area contributed by atoms with E-state index >= 15 is 0 Å². The van der Waals surface area contributed by atoms with E-state index in [2.05, 4.69) is 18.9 Å². The number of hydrogen-bond acceptors (Lipinski definition) is 1. The van der Waals surface area contributed by atoms with E-state index in [-0.39, 0.29) is 0 Å². The van der Waals surface area contributed by atoms with Gasteiger partial charge in [-0.1, -0.05) is 71.1 Å². The highest BCUT2D eigenvalue weighted by Crippen LogP contribution is 2.29. The van der Waals surface area contributed by atoms with Crippen molar-refractivity contribution >= 4 is 0 Å². The van der Waals surface area contributed by atoms with Gasteiger partial charge in [0, 0.05) is 0 Å². The van der Waals surface area contributed by atoms with Crippen LogP contribution in [0.15, 0.2) is 0 Å². The summed E-state index contributed by atoms with van der Waals surface area (Å²) in [5.74, 6) is 3.06. The fraction of sp³-hybridized carbons (Fsp3) is 1.00. The summed E-state index contributed by atoms with van der Waals surface area (Å²) < 4.78 is 0. The third-order valence-corrected chi connectivity index (χ3v) is 5.94. The van der Waals surface area contributed by atoms with Gasteiger partial charge in [0.25, 0.3) is 0 Å². The Bertz CT molecular complexity index is 244. The summed E-state index contributed by atoms with van der Waals surface area (Å²) in [5.41, 5.74) is 0. The topological polar surface area (TPSA) is 3.24 Å². The van der Waals surface area contributed by atoms with Gasteiger partial charge in [-0.05, 0) is 50.7 Å². The Morgan fingerprint density at radius 2 is 1.30 bits per heavy atom. The first kappa shape index (κ1) is 16.3. The maximum atomic E-state index is 2.61. The summed E-state index contributed by atoms with van der Waals surface area (Å²) in [4.78, 5) is 2.61. The van der Waals surface area contributed by atoms with Gasteiger partial charge in [-0.25, -0.2) is 0 Å². The third-order valence-electron chi connectivity index (χ3n) is 5.94. The molecule has 1 nitrogen and oxygen atoms in total. The first-order valence-corrected chi connectivity index (χ1v) is 9.42. The van der Waals surface area contributed by atoms with Crippen LogP contribution in [0.25, 0.3) is 0 Å². The van der Waals surface area contributed by atoms with E-state index in [0.717, 1.165) is 17.8 Å². The lowest BCUT2D eigenvalue weighted by Gasteiger charge is -2.25. The minimum Gasteiger partial charge on any atom is -0.306 e. The van der Waals surface area contributed by atoms with Crippen LogP contribution in [0.5, 0.6) is 0 Å². The van der Waals surface area contributed by atoms with E-state index in [1.165, 1.54) is 90.1 Å². The zero-order chi connectivity index (χ0) is 14.2. The van der Waals surface area contributed by atoms with E-state index in [4.69, 9.17) is 0 Å². The van der Waals surface area contributed by atoms with Crippen molar-refractivity contribution in [3.63, 3.8) is 0 Å². The second-order valence-electron chi connectivity index (χ2n) is 7.86. The van der Waals surface area contributed by atoms with Crippen LogP contribution in [-0.4, -0.2) is 25.0 Å². The molecule has 118 valence electrons. The van der Waals surface area contributed by atoms with Crippen LogP contribution in [0.1, 0.15) is 84.0 Å². The molecule has 0 spiro atoms. The van der Waals surface area contributed by atoms with Crippen LogP contribution < -0.4 is 0 Å². The van der Waals surface area contributed by atoms with Crippen molar-refractivity contribution in [2.24, 2.45) is 17.8 Å². The Balaban J connectivity index is 1.55. The summed E-state index contributed by atoms with van der Waals surface area (Å²) in [5, 5.41) is 0. The predicted molar refractivity (Wildman–Crippen MR) is 89.0 cm³/mol. The minimum absolute atomic E-state index is 0.990. The van der Waals surface area contributed by atoms with Crippen molar-refractivity contribution in [3.8, 4) is 0 Å². The SMILES string of the molecule is C[C@H]1CCC[C@@H](CCN(C)CCC2CCCCC2)CC1. The molecule has 0 aliphatic heterocycles. The van der Waals surface area contributed by atoms with Gasteiger partial charge in [-0.15, -0.1) is 0 Å². The monoisotopic (exact) mass is 279 g/mol. The van der Waals surface area contributed by atoms with Crippen molar-refractivity contribution in [2.45, 2.75) is 84.0 Å². The Morgan fingerprint density at radius 3 is 2.00 bits per heavy atom. The second-order valence-corrected chi connectivity index (χ2v) is 7.86. The highest BCUT2D eigenvalue weighted by molar-refractivity contribution is 4.71. The summed E-state index contributed by atoms with van der Waals surface area (Å²) in [7, 11) is 2.35. The molecule has 2 rings (SSSR count). The molecule has 20 heavy (non-hydrogen) atoms. The first-order valence-electron chi connectivity index (χ1n) is 9.42. The lowest BCUT2D eigenvalue weighted by Crippen LogP contribution is -2.25. The Morgan fingerprint density at radius 1 is 0.700 bits per heavy atom. The lowest BCUT2D eigenvalue weighted by molar-refractivity contribution is 0.246. The fourth-order valence-corrected chi connectivity index (χ4v) is 4.25. The van der Waals surface area contributed by atoms with Crippen molar-refractivity contribution in [2.75, 3.05) is 20.1 Å². The molecular weight excluding hydrogens is 242 g/mol. The van der Waals surface area contributed by atoms with Gasteiger partial charge in [0.15, 0.2) is 0 Å². The van der Waals surface area contributed by atoms with E-state index < -0.39 is 0 Å². The molecule has 0 amide bonds. The molecule has 2 saturated carbocycles. The van der Waals surface area contributed by atoms with E-state index in [0.29, 0.717) is 0 Å². The average molecular weight is 280 g/mol. The quantitative estimate of drug-likeness (QED) is 0.581. The molecule has 0 N–H and O–H groups in total. The first-order chi connectivity index (χ1) is 9.74. The summed E-state index contributed by atoms with van der Waals surface area (Å²) in [6.45, 7) is 5.12. The van der Waals surface area contributed by atoms with E-state index in [1.807, 2.05) is 0 Å². The molecule has 2 fully saturated rings. The summed E-state index contributed by atoms with van der Waals surface area (Å²) >= 11 is 0. The third kappa shape index (κ3) is 6.16. The van der Waals surface area contributed by atoms with Crippen LogP contribution in [0.3, 0.4) is 0 Å². The van der Waals surface area contributed by atoms with Crippen LogP contribution in [0.2, 0.25) is 0 Å². The van der Waals surface area contributed by atoms with E-state index in [9.17, 15) is 0 Å². The second kappa shape index (κ2) is 9.07. The normalized spacial score (nSPS) is 29.6. The molecule has 0 aromatic rings. The van der Waals surface area contributed by atoms with Crippen molar-refractivity contribution in [1.29, 1.82) is 0 Å². The molecule has 2 aliphatic rings. The molecular formula is C19H37N. The van der Waals surface area contributed by atoms with Crippen LogP contribution >= 0.6 is 0 Å². The number of nitrogens with zero attached hydrogens (tertiary/aromatic N) is 1. The number of hydrogen-bond donors (Lipinski definition) is 0. The molecule has 0 heterocycles. The van der Waals surface area contributed by atoms with Gasteiger partial charge in [-0.3, -0.25) is 0 Å². The molecule has 0 bridgehead atoms. The van der Waals surface area contributed by atoms with Crippen molar-refractivity contribution in [3.05, 3.63) is 0 Å². The minimum atomic E-state index is 0.990. The molecule has 0 aromatic heterocycles. The molecule has 1 heteroatoms. The Labute approximate surface area is 127 Å². The molecule has 0 radical (unpaired) electrons. The highest BCUT2D eigenvalue weighted by Gasteiger charge is 2.17. The standard InChI is InChI=1S/C19H37N/c1-17-7-6-10-19(12-11-17)14-16-20(2)15-13-18-8-4-3-5-9-18/h17-19H,3-16H2,1-2H3/t17-,19+/m0/s1. The Hall–Kier alpha value is -0.0400. The van der Waals surface area contributed by atoms with Crippen molar-refractivity contribution < 1.29 is 0 Å². The predicted octanol–water partition coefficient (Wildman–Crippen LogP) is 5.50. The summed E-state index contributed by atoms with van der Waals surface area (Å²) in [6, 6.07) is 0. The average Bonchev–Trinajstić information content (AvgIpc) is 2.68. The van der Waals surface area contributed by atoms with Crippen molar-refractivity contribution in [1.82, 2.24) is 4.90 Å². The lowest BCUT2D eigenvalue weighted by atomic mass is 9.87. The molecule has 2 atom stereocenters. The zero-order valence-corrected chi connectivity index (χ0v) is 14.1. The van der Waals surface area contributed by atoms with Crippen LogP contribution in [0.4, 0.5) is 0 Å².